The Morgan fingerprint density at radius 3 is 1.21 bits per heavy atom. The van der Waals surface area contributed by atoms with E-state index >= 15 is 0 Å². The summed E-state index contributed by atoms with van der Waals surface area (Å²) in [6.45, 7) is 4.16. The van der Waals surface area contributed by atoms with Crippen molar-refractivity contribution in [3.8, 4) is 23.7 Å². The molecule has 0 radical (unpaired) electrons. The lowest BCUT2D eigenvalue weighted by molar-refractivity contribution is 1.43. The van der Waals surface area contributed by atoms with Crippen LogP contribution < -0.4 is 0 Å². The molecule has 3 aromatic carbocycles. The van der Waals surface area contributed by atoms with Crippen LogP contribution in [0.25, 0.3) is 0 Å². The van der Waals surface area contributed by atoms with Crippen LogP contribution in [0.4, 0.5) is 0 Å². The minimum absolute atomic E-state index is 1.000. The maximum absolute atomic E-state index is 3.23. The lowest BCUT2D eigenvalue weighted by Gasteiger charge is -1.96. The summed E-state index contributed by atoms with van der Waals surface area (Å²) in [4.78, 5) is 0. The largest absolute Gasteiger partial charge is 0.0619 e. The molecular formula is C24H18. The van der Waals surface area contributed by atoms with Crippen LogP contribution in [0.3, 0.4) is 0 Å². The highest BCUT2D eigenvalue weighted by Gasteiger charge is 1.93. The van der Waals surface area contributed by atoms with Crippen LogP contribution in [0, 0.1) is 37.5 Å². The third-order valence-electron chi connectivity index (χ3n) is 3.86. The number of benzene rings is 3. The molecule has 0 aromatic heterocycles. The molecule has 0 fully saturated rings. The van der Waals surface area contributed by atoms with Crippen LogP contribution >= 0.6 is 0 Å². The van der Waals surface area contributed by atoms with E-state index in [1.54, 1.807) is 0 Å². The average Bonchev–Trinajstić information content (AvgIpc) is 2.61. The van der Waals surface area contributed by atoms with Crippen LogP contribution in [-0.4, -0.2) is 0 Å². The summed E-state index contributed by atoms with van der Waals surface area (Å²) in [5.74, 6) is 12.9. The molecule has 0 amide bonds. The van der Waals surface area contributed by atoms with E-state index in [9.17, 15) is 0 Å². The average molecular weight is 306 g/mol. The van der Waals surface area contributed by atoms with E-state index in [0.717, 1.165) is 22.3 Å². The van der Waals surface area contributed by atoms with Crippen molar-refractivity contribution in [2.75, 3.05) is 0 Å². The van der Waals surface area contributed by atoms with Crippen molar-refractivity contribution >= 4 is 0 Å². The lowest BCUT2D eigenvalue weighted by Crippen LogP contribution is -1.82. The van der Waals surface area contributed by atoms with Gasteiger partial charge in [-0.2, -0.15) is 0 Å². The maximum Gasteiger partial charge on any atom is 0.0278 e. The summed E-state index contributed by atoms with van der Waals surface area (Å²) in [5, 5.41) is 0. The van der Waals surface area contributed by atoms with Crippen molar-refractivity contribution in [2.24, 2.45) is 0 Å². The minimum atomic E-state index is 1.000. The predicted molar refractivity (Wildman–Crippen MR) is 101 cm³/mol. The molecule has 24 heavy (non-hydrogen) atoms. The van der Waals surface area contributed by atoms with Gasteiger partial charge in [0.2, 0.25) is 0 Å². The van der Waals surface area contributed by atoms with E-state index in [-0.39, 0.29) is 0 Å². The zero-order valence-corrected chi connectivity index (χ0v) is 13.9. The molecule has 0 saturated heterocycles. The Labute approximate surface area is 144 Å². The molecule has 0 aliphatic rings. The minimum Gasteiger partial charge on any atom is -0.0619 e. The summed E-state index contributed by atoms with van der Waals surface area (Å²) in [5.41, 5.74) is 6.54. The van der Waals surface area contributed by atoms with E-state index < -0.39 is 0 Å². The van der Waals surface area contributed by atoms with Gasteiger partial charge >= 0.3 is 0 Å². The van der Waals surface area contributed by atoms with Crippen molar-refractivity contribution in [1.82, 2.24) is 0 Å². The molecule has 0 spiro atoms. The van der Waals surface area contributed by atoms with Gasteiger partial charge in [-0.15, -0.1) is 0 Å². The first-order chi connectivity index (χ1) is 11.7. The highest BCUT2D eigenvalue weighted by Crippen LogP contribution is 2.08. The Bertz CT molecular complexity index is 886. The molecule has 0 aliphatic heterocycles. The molecule has 0 nitrogen and oxygen atoms in total. The topological polar surface area (TPSA) is 0 Å². The smallest absolute Gasteiger partial charge is 0.0278 e. The van der Waals surface area contributed by atoms with Crippen molar-refractivity contribution in [2.45, 2.75) is 13.8 Å². The van der Waals surface area contributed by atoms with Gasteiger partial charge in [-0.3, -0.25) is 0 Å². The Kier molecular flexibility index (Phi) is 4.81. The molecule has 0 N–H and O–H groups in total. The lowest BCUT2D eigenvalue weighted by atomic mass is 10.1. The standard InChI is InChI=1S/C24H18/c1-19-7-3-5-9-23(19)17-15-21-11-13-22(14-12-21)16-18-24-10-6-4-8-20(24)2/h3-14H,1-2H3. The molecule has 0 heteroatoms. The Balaban J connectivity index is 1.78. The van der Waals surface area contributed by atoms with E-state index in [0.29, 0.717) is 0 Å². The first kappa shape index (κ1) is 15.7. The molecule has 0 aliphatic carbocycles. The third-order valence-corrected chi connectivity index (χ3v) is 3.86. The second-order valence-corrected chi connectivity index (χ2v) is 5.71. The van der Waals surface area contributed by atoms with Gasteiger partial charge in [-0.25, -0.2) is 0 Å². The fraction of sp³-hybridized carbons (Fsp3) is 0.0833. The van der Waals surface area contributed by atoms with Crippen LogP contribution in [-0.2, 0) is 0 Å². The summed E-state index contributed by atoms with van der Waals surface area (Å²) < 4.78 is 0. The SMILES string of the molecule is Cc1ccccc1C#Cc1ccc(C#Cc2ccccc2C)cc1. The van der Waals surface area contributed by atoms with Gasteiger partial charge in [-0.1, -0.05) is 60.1 Å². The molecule has 0 bridgehead atoms. The van der Waals surface area contributed by atoms with Crippen molar-refractivity contribution in [1.29, 1.82) is 0 Å². The maximum atomic E-state index is 3.23. The summed E-state index contributed by atoms with van der Waals surface area (Å²) in [6, 6.07) is 24.4. The first-order valence-electron chi connectivity index (χ1n) is 7.98. The second kappa shape index (κ2) is 7.36. The van der Waals surface area contributed by atoms with E-state index in [2.05, 4.69) is 49.7 Å². The zero-order valence-electron chi connectivity index (χ0n) is 13.9. The number of aryl methyl sites for hydroxylation is 2. The van der Waals surface area contributed by atoms with E-state index in [4.69, 9.17) is 0 Å². The van der Waals surface area contributed by atoms with Crippen LogP contribution in [0.2, 0.25) is 0 Å². The molecule has 3 rings (SSSR count). The number of hydrogen-bond acceptors (Lipinski definition) is 0. The zero-order chi connectivity index (χ0) is 16.8. The highest BCUT2D eigenvalue weighted by molar-refractivity contribution is 5.50. The fourth-order valence-electron chi connectivity index (χ4n) is 2.34. The molecule has 0 saturated carbocycles. The number of hydrogen-bond donors (Lipinski definition) is 0. The van der Waals surface area contributed by atoms with Crippen LogP contribution in [0.15, 0.2) is 72.8 Å². The van der Waals surface area contributed by atoms with Gasteiger partial charge in [0.1, 0.15) is 0 Å². The van der Waals surface area contributed by atoms with Crippen molar-refractivity contribution in [3.05, 3.63) is 106 Å². The first-order valence-corrected chi connectivity index (χ1v) is 7.98. The third kappa shape index (κ3) is 3.95. The van der Waals surface area contributed by atoms with E-state index in [1.807, 2.05) is 60.7 Å². The van der Waals surface area contributed by atoms with Crippen molar-refractivity contribution in [3.63, 3.8) is 0 Å². The fourth-order valence-corrected chi connectivity index (χ4v) is 2.34. The van der Waals surface area contributed by atoms with Crippen molar-refractivity contribution < 1.29 is 0 Å². The summed E-state index contributed by atoms with van der Waals surface area (Å²) >= 11 is 0. The van der Waals surface area contributed by atoms with E-state index in [1.165, 1.54) is 11.1 Å². The van der Waals surface area contributed by atoms with Crippen LogP contribution in [0.5, 0.6) is 0 Å². The molecular weight excluding hydrogens is 288 g/mol. The Morgan fingerprint density at radius 1 is 0.458 bits per heavy atom. The Hall–Kier alpha value is -3.22. The highest BCUT2D eigenvalue weighted by atomic mass is 14.0. The van der Waals surface area contributed by atoms with Gasteiger partial charge < -0.3 is 0 Å². The monoisotopic (exact) mass is 306 g/mol. The van der Waals surface area contributed by atoms with Crippen LogP contribution in [0.1, 0.15) is 33.4 Å². The molecule has 0 heterocycles. The van der Waals surface area contributed by atoms with Gasteiger partial charge in [0, 0.05) is 22.3 Å². The molecule has 0 unspecified atom stereocenters. The molecule has 0 atom stereocenters. The molecule has 114 valence electrons. The molecule has 3 aromatic rings. The summed E-state index contributed by atoms with van der Waals surface area (Å²) in [6.07, 6.45) is 0. The number of rotatable bonds is 0. The predicted octanol–water partition coefficient (Wildman–Crippen LogP) is 5.10. The Morgan fingerprint density at radius 2 is 0.833 bits per heavy atom. The normalized spacial score (nSPS) is 9.42. The van der Waals surface area contributed by atoms with Gasteiger partial charge in [0.05, 0.1) is 0 Å². The quantitative estimate of drug-likeness (QED) is 0.507. The summed E-state index contributed by atoms with van der Waals surface area (Å²) in [7, 11) is 0. The van der Waals surface area contributed by atoms with Gasteiger partial charge in [0.15, 0.2) is 0 Å². The van der Waals surface area contributed by atoms with Gasteiger partial charge in [0.25, 0.3) is 0 Å². The second-order valence-electron chi connectivity index (χ2n) is 5.71. The van der Waals surface area contributed by atoms with Gasteiger partial charge in [-0.05, 0) is 61.4 Å².